The Balaban J connectivity index is 2.25. The summed E-state index contributed by atoms with van der Waals surface area (Å²) in [6.07, 6.45) is 4.04. The van der Waals surface area contributed by atoms with Crippen molar-refractivity contribution in [3.63, 3.8) is 0 Å². The van der Waals surface area contributed by atoms with E-state index in [1.807, 2.05) is 6.07 Å². The van der Waals surface area contributed by atoms with Crippen molar-refractivity contribution in [1.82, 2.24) is 4.98 Å². The molecule has 2 heterocycles. The lowest BCUT2D eigenvalue weighted by Crippen LogP contribution is -2.25. The summed E-state index contributed by atoms with van der Waals surface area (Å²) in [5, 5.41) is 0.868. The maximum absolute atomic E-state index is 11.8. The van der Waals surface area contributed by atoms with Gasteiger partial charge in [-0.2, -0.15) is 0 Å². The molecule has 1 aromatic rings. The van der Waals surface area contributed by atoms with Crippen molar-refractivity contribution in [1.29, 1.82) is 0 Å². The molecular weight excluding hydrogens is 324 g/mol. The first kappa shape index (κ1) is 11.1. The number of amides is 1. The van der Waals surface area contributed by atoms with Crippen LogP contribution in [0.25, 0.3) is 0 Å². The summed E-state index contributed by atoms with van der Waals surface area (Å²) in [5.74, 6) is 0.581. The Hall–Kier alpha value is -0.420. The highest BCUT2D eigenvalue weighted by atomic mass is 79.9. The zero-order chi connectivity index (χ0) is 10.8. The van der Waals surface area contributed by atoms with Gasteiger partial charge in [-0.25, -0.2) is 0 Å². The summed E-state index contributed by atoms with van der Waals surface area (Å²) in [6.45, 7) is 0.772. The predicted molar refractivity (Wildman–Crippen MR) is 66.2 cm³/mol. The molecule has 1 amide bonds. The fraction of sp³-hybridized carbons (Fsp3) is 0.400. The number of hydrogen-bond acceptors (Lipinski definition) is 2. The Morgan fingerprint density at radius 1 is 1.60 bits per heavy atom. The van der Waals surface area contributed by atoms with E-state index in [1.165, 1.54) is 0 Å². The Kier molecular flexibility index (Phi) is 3.41. The molecule has 0 radical (unpaired) electrons. The number of halogens is 2. The van der Waals surface area contributed by atoms with Crippen molar-refractivity contribution in [2.75, 3.05) is 16.8 Å². The van der Waals surface area contributed by atoms with Crippen molar-refractivity contribution in [2.24, 2.45) is 5.92 Å². The number of rotatable bonds is 2. The monoisotopic (exact) mass is 332 g/mol. The van der Waals surface area contributed by atoms with Crippen LogP contribution in [0.15, 0.2) is 22.9 Å². The van der Waals surface area contributed by atoms with Gasteiger partial charge in [-0.15, -0.1) is 0 Å². The average Bonchev–Trinajstić information content (AvgIpc) is 2.60. The highest BCUT2D eigenvalue weighted by molar-refractivity contribution is 9.10. The molecule has 0 bridgehead atoms. The van der Waals surface area contributed by atoms with Gasteiger partial charge in [0.15, 0.2) is 0 Å². The molecule has 5 heteroatoms. The number of carbonyl (C=O) groups is 1. The number of alkyl halides is 1. The van der Waals surface area contributed by atoms with Gasteiger partial charge in [0, 0.05) is 29.0 Å². The molecule has 1 saturated heterocycles. The number of hydrogen-bond donors (Lipinski definition) is 0. The van der Waals surface area contributed by atoms with E-state index in [-0.39, 0.29) is 5.91 Å². The molecule has 0 N–H and O–H groups in total. The molecule has 15 heavy (non-hydrogen) atoms. The third kappa shape index (κ3) is 2.23. The van der Waals surface area contributed by atoms with Crippen LogP contribution in [0, 0.1) is 5.92 Å². The zero-order valence-corrected chi connectivity index (χ0v) is 11.2. The summed E-state index contributed by atoms with van der Waals surface area (Å²) in [7, 11) is 0. The largest absolute Gasteiger partial charge is 0.310 e. The first-order valence-corrected chi connectivity index (χ1v) is 6.59. The minimum absolute atomic E-state index is 0.174. The van der Waals surface area contributed by atoms with Crippen LogP contribution in [0.2, 0.25) is 0 Å². The van der Waals surface area contributed by atoms with Crippen LogP contribution in [0.1, 0.15) is 6.42 Å². The van der Waals surface area contributed by atoms with Crippen molar-refractivity contribution in [2.45, 2.75) is 6.42 Å². The second kappa shape index (κ2) is 4.61. The highest BCUT2D eigenvalue weighted by Crippen LogP contribution is 2.30. The van der Waals surface area contributed by atoms with E-state index in [0.29, 0.717) is 12.3 Å². The van der Waals surface area contributed by atoms with Gasteiger partial charge in [0.25, 0.3) is 0 Å². The second-order valence-corrected chi connectivity index (χ2v) is 5.06. The minimum Gasteiger partial charge on any atom is -0.310 e. The lowest BCUT2D eigenvalue weighted by atomic mass is 10.2. The molecule has 0 saturated carbocycles. The molecule has 1 aromatic heterocycles. The Morgan fingerprint density at radius 2 is 2.40 bits per heavy atom. The van der Waals surface area contributed by atoms with E-state index in [4.69, 9.17) is 0 Å². The molecule has 1 atom stereocenters. The molecule has 3 nitrogen and oxygen atoms in total. The van der Waals surface area contributed by atoms with Gasteiger partial charge in [-0.05, 0) is 27.9 Å². The number of carbonyl (C=O) groups excluding carboxylic acids is 1. The summed E-state index contributed by atoms with van der Waals surface area (Å²) in [5.41, 5.74) is 0.867. The molecule has 1 aliphatic heterocycles. The number of nitrogens with zero attached hydrogens (tertiary/aromatic N) is 2. The van der Waals surface area contributed by atoms with Gasteiger partial charge >= 0.3 is 0 Å². The Labute approximate surface area is 105 Å². The van der Waals surface area contributed by atoms with E-state index in [9.17, 15) is 4.79 Å². The molecule has 0 aliphatic carbocycles. The van der Waals surface area contributed by atoms with Crippen LogP contribution < -0.4 is 4.90 Å². The van der Waals surface area contributed by atoms with Crippen molar-refractivity contribution in [3.05, 3.63) is 22.9 Å². The lowest BCUT2D eigenvalue weighted by molar-refractivity contribution is -0.117. The first-order chi connectivity index (χ1) is 7.22. The Morgan fingerprint density at radius 3 is 3.00 bits per heavy atom. The van der Waals surface area contributed by atoms with Crippen molar-refractivity contribution < 1.29 is 4.79 Å². The van der Waals surface area contributed by atoms with E-state index in [1.54, 1.807) is 17.3 Å². The van der Waals surface area contributed by atoms with Crippen molar-refractivity contribution in [3.8, 4) is 0 Å². The average molecular weight is 334 g/mol. The summed E-state index contributed by atoms with van der Waals surface area (Å²) in [6, 6.07) is 1.85. The normalized spacial score (nSPS) is 21.1. The molecule has 0 spiro atoms. The summed E-state index contributed by atoms with van der Waals surface area (Å²) in [4.78, 5) is 17.6. The molecule has 1 aliphatic rings. The number of aromatic nitrogens is 1. The fourth-order valence-electron chi connectivity index (χ4n) is 1.69. The Bertz CT molecular complexity index is 383. The fourth-order valence-corrected chi connectivity index (χ4v) is 2.55. The van der Waals surface area contributed by atoms with E-state index in [2.05, 4.69) is 36.8 Å². The molecule has 0 aromatic carbocycles. The topological polar surface area (TPSA) is 33.2 Å². The van der Waals surface area contributed by atoms with Gasteiger partial charge in [0.2, 0.25) is 5.91 Å². The van der Waals surface area contributed by atoms with E-state index >= 15 is 0 Å². The lowest BCUT2D eigenvalue weighted by Gasteiger charge is -2.17. The number of anilines is 1. The van der Waals surface area contributed by atoms with Gasteiger partial charge in [-0.3, -0.25) is 9.78 Å². The van der Waals surface area contributed by atoms with Crippen LogP contribution in [0.5, 0.6) is 0 Å². The summed E-state index contributed by atoms with van der Waals surface area (Å²) >= 11 is 6.85. The highest BCUT2D eigenvalue weighted by Gasteiger charge is 2.30. The minimum atomic E-state index is 0.174. The first-order valence-electron chi connectivity index (χ1n) is 4.68. The molecule has 2 rings (SSSR count). The smallest absolute Gasteiger partial charge is 0.227 e. The third-order valence-corrected chi connectivity index (χ3v) is 4.05. The third-order valence-electron chi connectivity index (χ3n) is 2.46. The van der Waals surface area contributed by atoms with Crippen LogP contribution >= 0.6 is 31.9 Å². The van der Waals surface area contributed by atoms with Crippen molar-refractivity contribution >= 4 is 43.5 Å². The maximum atomic E-state index is 11.8. The van der Waals surface area contributed by atoms with Gasteiger partial charge < -0.3 is 4.90 Å². The molecular formula is C10H10Br2N2O. The maximum Gasteiger partial charge on any atom is 0.227 e. The van der Waals surface area contributed by atoms with Gasteiger partial charge in [-0.1, -0.05) is 15.9 Å². The standard InChI is InChI=1S/C10H10Br2N2O/c11-4-7-3-10(15)14(6-7)9-5-13-2-1-8(9)12/h1-2,5,7H,3-4,6H2. The van der Waals surface area contributed by atoms with Gasteiger partial charge in [0.05, 0.1) is 11.9 Å². The van der Waals surface area contributed by atoms with Crippen LogP contribution in [-0.2, 0) is 4.79 Å². The summed E-state index contributed by atoms with van der Waals surface area (Å²) < 4.78 is 0.918. The predicted octanol–water partition coefficient (Wildman–Crippen LogP) is 2.59. The van der Waals surface area contributed by atoms with Crippen LogP contribution in [0.3, 0.4) is 0 Å². The van der Waals surface area contributed by atoms with Crippen LogP contribution in [0.4, 0.5) is 5.69 Å². The van der Waals surface area contributed by atoms with E-state index in [0.717, 1.165) is 22.0 Å². The van der Waals surface area contributed by atoms with E-state index < -0.39 is 0 Å². The second-order valence-electron chi connectivity index (χ2n) is 3.56. The van der Waals surface area contributed by atoms with Gasteiger partial charge in [0.1, 0.15) is 0 Å². The van der Waals surface area contributed by atoms with Crippen LogP contribution in [-0.4, -0.2) is 22.8 Å². The number of pyridine rings is 1. The quantitative estimate of drug-likeness (QED) is 0.779. The SMILES string of the molecule is O=C1CC(CBr)CN1c1cnccc1Br. The zero-order valence-electron chi connectivity index (χ0n) is 7.99. The molecule has 1 unspecified atom stereocenters. The molecule has 1 fully saturated rings. The molecule has 80 valence electrons.